The summed E-state index contributed by atoms with van der Waals surface area (Å²) in [6, 6.07) is -0.810. The number of halogens is 1. The van der Waals surface area contributed by atoms with Gasteiger partial charge in [0.05, 0.1) is 16.0 Å². The third kappa shape index (κ3) is 3.82. The topological polar surface area (TPSA) is 130 Å². The molecule has 0 fully saturated rings. The molecule has 1 aromatic carbocycles. The van der Waals surface area contributed by atoms with Crippen LogP contribution in [0, 0.1) is 5.82 Å². The van der Waals surface area contributed by atoms with Crippen LogP contribution in [0.25, 0.3) is 0 Å². The molecule has 0 saturated carbocycles. The molecule has 0 radical (unpaired) electrons. The molecule has 11 heteroatoms. The molecule has 162 valence electrons. The van der Waals surface area contributed by atoms with Crippen LogP contribution in [0.4, 0.5) is 14.9 Å². The van der Waals surface area contributed by atoms with Crippen LogP contribution in [0.3, 0.4) is 0 Å². The number of aromatic nitrogens is 1. The highest BCUT2D eigenvalue weighted by Crippen LogP contribution is 2.41. The summed E-state index contributed by atoms with van der Waals surface area (Å²) in [5.74, 6) is -0.132. The van der Waals surface area contributed by atoms with Crippen LogP contribution in [-0.4, -0.2) is 20.3 Å². The Morgan fingerprint density at radius 1 is 1.23 bits per heavy atom. The zero-order chi connectivity index (χ0) is 21.7. The van der Waals surface area contributed by atoms with E-state index < -0.39 is 21.9 Å². The van der Waals surface area contributed by atoms with Crippen molar-refractivity contribution in [1.29, 1.82) is 0 Å². The molecule has 2 aliphatic carbocycles. The summed E-state index contributed by atoms with van der Waals surface area (Å²) in [6.07, 6.45) is 4.38. The van der Waals surface area contributed by atoms with E-state index in [2.05, 4.69) is 19.9 Å². The first kappa shape index (κ1) is 21.2. The van der Waals surface area contributed by atoms with Crippen molar-refractivity contribution in [1.82, 2.24) is 4.98 Å². The third-order valence-corrected chi connectivity index (χ3v) is 8.21. The SMILES string of the molecule is CC(C)(O)c1csc([SH](N)(=O)/N=N/C(=O)Nc2c3c(c(F)c4c2CCC4)CCC3)n1. The fourth-order valence-electron chi connectivity index (χ4n) is 4.01. The number of benzene rings is 1. The molecule has 8 nitrogen and oxygen atoms in total. The first-order valence-corrected chi connectivity index (χ1v) is 12.4. The van der Waals surface area contributed by atoms with Gasteiger partial charge in [-0.2, -0.15) is 0 Å². The molecule has 2 aliphatic rings. The Morgan fingerprint density at radius 3 is 2.33 bits per heavy atom. The molecule has 0 unspecified atom stereocenters. The summed E-state index contributed by atoms with van der Waals surface area (Å²) in [5.41, 5.74) is 2.71. The largest absolute Gasteiger partial charge is 0.384 e. The van der Waals surface area contributed by atoms with Crippen molar-refractivity contribution in [3.63, 3.8) is 0 Å². The van der Waals surface area contributed by atoms with Crippen LogP contribution in [0.15, 0.2) is 19.4 Å². The highest BCUT2D eigenvalue weighted by molar-refractivity contribution is 8.01. The number of aliphatic hydroxyl groups is 1. The molecule has 4 N–H and O–H groups in total. The van der Waals surface area contributed by atoms with Crippen molar-refractivity contribution >= 4 is 33.4 Å². The maximum atomic E-state index is 14.7. The highest BCUT2D eigenvalue weighted by Gasteiger charge is 2.30. The van der Waals surface area contributed by atoms with Gasteiger partial charge in [0, 0.05) is 11.1 Å². The minimum Gasteiger partial charge on any atom is -0.384 e. The number of rotatable bonds is 4. The number of carbonyl (C=O) groups is 1. The Balaban J connectivity index is 1.57. The summed E-state index contributed by atoms with van der Waals surface area (Å²) in [6.45, 7) is 3.09. The summed E-state index contributed by atoms with van der Waals surface area (Å²) >= 11 is 0.987. The third-order valence-electron chi connectivity index (χ3n) is 5.46. The van der Waals surface area contributed by atoms with Crippen LogP contribution < -0.4 is 10.5 Å². The number of hydrogen-bond donors (Lipinski definition) is 4. The van der Waals surface area contributed by atoms with Crippen LogP contribution in [0.1, 0.15) is 54.6 Å². The molecule has 0 atom stereocenters. The average Bonchev–Trinajstić information content (AvgIpc) is 3.42. The monoisotopic (exact) mass is 453 g/mol. The Bertz CT molecular complexity index is 1070. The number of anilines is 1. The van der Waals surface area contributed by atoms with Gasteiger partial charge in [0.1, 0.15) is 11.4 Å². The molecule has 1 heterocycles. The van der Waals surface area contributed by atoms with Gasteiger partial charge in [-0.1, -0.05) is 9.63 Å². The molecule has 4 rings (SSSR count). The second kappa shape index (κ2) is 7.56. The van der Waals surface area contributed by atoms with Gasteiger partial charge in [0.2, 0.25) is 0 Å². The van der Waals surface area contributed by atoms with E-state index in [-0.39, 0.29) is 10.2 Å². The lowest BCUT2D eigenvalue weighted by Gasteiger charge is -2.16. The van der Waals surface area contributed by atoms with Gasteiger partial charge < -0.3 is 10.4 Å². The summed E-state index contributed by atoms with van der Waals surface area (Å²) < 4.78 is 31.0. The number of thiazole rings is 1. The maximum absolute atomic E-state index is 14.7. The minimum absolute atomic E-state index is 0.000240. The molecule has 0 spiro atoms. The fourth-order valence-corrected chi connectivity index (χ4v) is 6.13. The van der Waals surface area contributed by atoms with E-state index in [1.807, 2.05) is 0 Å². The standard InChI is InChI=1S/C19H24FN5O3S2/c1-19(2,27)14-9-29-18(22-14)30(21,28)25-24-17(26)23-16-12-7-3-5-10(12)15(20)11-6-4-8-13(11)16/h9,27,30H,3-8H2,1-2H3,(H2,21,28)(H,23,26)/b25-24+. The van der Waals surface area contributed by atoms with E-state index in [0.717, 1.165) is 35.3 Å². The van der Waals surface area contributed by atoms with Crippen molar-refractivity contribution in [3.05, 3.63) is 39.1 Å². The molecule has 0 saturated heterocycles. The van der Waals surface area contributed by atoms with E-state index >= 15 is 0 Å². The number of fused-ring (bicyclic) bond motifs is 2. The van der Waals surface area contributed by atoms with Gasteiger partial charge in [0.15, 0.2) is 4.34 Å². The van der Waals surface area contributed by atoms with Gasteiger partial charge in [-0.05, 0) is 74.6 Å². The lowest BCUT2D eigenvalue weighted by atomic mass is 9.98. The molecule has 0 aliphatic heterocycles. The van der Waals surface area contributed by atoms with Crippen LogP contribution in [0.2, 0.25) is 0 Å². The lowest BCUT2D eigenvalue weighted by molar-refractivity contribution is 0.0741. The van der Waals surface area contributed by atoms with E-state index in [9.17, 15) is 18.5 Å². The van der Waals surface area contributed by atoms with Gasteiger partial charge in [-0.3, -0.25) is 5.14 Å². The maximum Gasteiger partial charge on any atom is 0.364 e. The summed E-state index contributed by atoms with van der Waals surface area (Å²) in [5, 5.41) is 23.5. The average molecular weight is 454 g/mol. The second-order valence-electron chi connectivity index (χ2n) is 8.13. The van der Waals surface area contributed by atoms with Crippen LogP contribution >= 0.6 is 11.3 Å². The fraction of sp³-hybridized carbons (Fsp3) is 0.474. The molecule has 2 amide bonds. The minimum atomic E-state index is -3.86. The summed E-state index contributed by atoms with van der Waals surface area (Å²) in [4.78, 5) is 16.5. The Hall–Kier alpha value is -2.08. The van der Waals surface area contributed by atoms with Gasteiger partial charge in [-0.25, -0.2) is 18.4 Å². The number of amides is 2. The van der Waals surface area contributed by atoms with E-state index in [1.54, 1.807) is 13.8 Å². The summed E-state index contributed by atoms with van der Waals surface area (Å²) in [7, 11) is -3.86. The number of urea groups is 1. The number of nitrogens with one attached hydrogen (secondary N) is 1. The predicted octanol–water partition coefficient (Wildman–Crippen LogP) is 3.34. The predicted molar refractivity (Wildman–Crippen MR) is 114 cm³/mol. The smallest absolute Gasteiger partial charge is 0.364 e. The molecule has 2 aromatic rings. The van der Waals surface area contributed by atoms with Crippen molar-refractivity contribution in [2.75, 3.05) is 5.32 Å². The quantitative estimate of drug-likeness (QED) is 0.418. The number of thiol groups is 1. The number of hydrogen-bond acceptors (Lipinski definition) is 5. The molecular weight excluding hydrogens is 429 g/mol. The van der Waals surface area contributed by atoms with Crippen molar-refractivity contribution in [2.45, 2.75) is 62.3 Å². The van der Waals surface area contributed by atoms with E-state index in [1.165, 1.54) is 5.38 Å². The van der Waals surface area contributed by atoms with Crippen molar-refractivity contribution in [3.8, 4) is 0 Å². The molecule has 0 bridgehead atoms. The zero-order valence-corrected chi connectivity index (χ0v) is 18.4. The Labute approximate surface area is 178 Å². The van der Waals surface area contributed by atoms with Gasteiger partial charge in [0.25, 0.3) is 0 Å². The number of nitrogens with two attached hydrogens (primary N) is 1. The van der Waals surface area contributed by atoms with Gasteiger partial charge in [-0.15, -0.1) is 11.3 Å². The normalized spacial score (nSPS) is 16.7. The van der Waals surface area contributed by atoms with E-state index in [0.29, 0.717) is 48.2 Å². The molecule has 30 heavy (non-hydrogen) atoms. The first-order valence-electron chi connectivity index (χ1n) is 9.74. The highest BCUT2D eigenvalue weighted by atomic mass is 32.3. The number of nitrogens with zero attached hydrogens (tertiary/aromatic N) is 3. The lowest BCUT2D eigenvalue weighted by Crippen LogP contribution is -2.22. The Morgan fingerprint density at radius 2 is 1.80 bits per heavy atom. The second-order valence-corrected chi connectivity index (χ2v) is 11.1. The first-order chi connectivity index (χ1) is 14.1. The Kier molecular flexibility index (Phi) is 5.33. The van der Waals surface area contributed by atoms with Crippen molar-refractivity contribution < 1.29 is 18.5 Å². The van der Waals surface area contributed by atoms with Crippen LogP contribution in [-0.2, 0) is 41.6 Å². The molecule has 1 aromatic heterocycles. The number of carbonyl (C=O) groups excluding carboxylic acids is 1. The van der Waals surface area contributed by atoms with E-state index in [4.69, 9.17) is 5.14 Å². The zero-order valence-electron chi connectivity index (χ0n) is 16.7. The van der Waals surface area contributed by atoms with Gasteiger partial charge >= 0.3 is 6.03 Å². The van der Waals surface area contributed by atoms with Crippen LogP contribution in [0.5, 0.6) is 0 Å². The molecular formula is C19H24FN5O3S2. The van der Waals surface area contributed by atoms with Crippen molar-refractivity contribution in [2.24, 2.45) is 14.8 Å².